The summed E-state index contributed by atoms with van der Waals surface area (Å²) < 4.78 is 0. The molecule has 13 heteroatoms. The summed E-state index contributed by atoms with van der Waals surface area (Å²) in [5.41, 5.74) is 11.0. The number of fused-ring (bicyclic) bond motifs is 8. The fourth-order valence-corrected chi connectivity index (χ4v) is 10.8. The van der Waals surface area contributed by atoms with Crippen molar-refractivity contribution in [2.75, 3.05) is 52.4 Å². The number of amides is 4. The molecule has 8 bridgehead atoms. The van der Waals surface area contributed by atoms with Crippen LogP contribution in [-0.4, -0.2) is 106 Å². The quantitative estimate of drug-likeness (QED) is 0.0544. The molecule has 2 aliphatic rings. The molecule has 4 aromatic carbocycles. The van der Waals surface area contributed by atoms with Crippen molar-refractivity contribution in [2.24, 2.45) is 0 Å². The van der Waals surface area contributed by atoms with Crippen LogP contribution >= 0.6 is 0 Å². The molecule has 0 unspecified atom stereocenters. The average molecular weight is 1180 g/mol. The largest absolute Gasteiger partial charge is 2.00 e. The van der Waals surface area contributed by atoms with E-state index in [0.717, 1.165) is 0 Å². The Morgan fingerprint density at radius 1 is 0.353 bits per heavy atom. The molecule has 0 saturated heterocycles. The van der Waals surface area contributed by atoms with Crippen molar-refractivity contribution in [3.8, 4) is 44.5 Å². The van der Waals surface area contributed by atoms with Gasteiger partial charge in [-0.1, -0.05) is 146 Å². The van der Waals surface area contributed by atoms with E-state index in [1.807, 2.05) is 250 Å². The Hall–Kier alpha value is -9.16. The van der Waals surface area contributed by atoms with Crippen LogP contribution in [0.25, 0.3) is 90.9 Å². The monoisotopic (exact) mass is 1180 g/mol. The normalized spacial score (nSPS) is 12.0. The smallest absolute Gasteiger partial charge is 0.657 e. The number of carbonyl (C=O) groups is 4. The van der Waals surface area contributed by atoms with Crippen LogP contribution in [0.1, 0.15) is 120 Å². The summed E-state index contributed by atoms with van der Waals surface area (Å²) >= 11 is 0. The molecule has 85 heavy (non-hydrogen) atoms. The summed E-state index contributed by atoms with van der Waals surface area (Å²) in [5, 5.41) is 0. The van der Waals surface area contributed by atoms with Gasteiger partial charge in [-0.15, -0.1) is 22.1 Å². The Kier molecular flexibility index (Phi) is 21.0. The van der Waals surface area contributed by atoms with Crippen molar-refractivity contribution in [3.63, 3.8) is 0 Å². The number of aromatic nitrogens is 4. The number of likely N-dealkylation sites (N-methyl/N-ethyl adjacent to an activating group) is 4. The first kappa shape index (κ1) is 61.9. The van der Waals surface area contributed by atoms with Gasteiger partial charge in [-0.25, -0.2) is 9.97 Å². The molecule has 12 nitrogen and oxygen atoms in total. The number of hydrogen-bond acceptors (Lipinski definition) is 6. The van der Waals surface area contributed by atoms with E-state index in [4.69, 9.17) is 19.9 Å². The van der Waals surface area contributed by atoms with Gasteiger partial charge in [0.25, 0.3) is 23.6 Å². The van der Waals surface area contributed by atoms with Gasteiger partial charge in [-0.3, -0.25) is 19.2 Å². The van der Waals surface area contributed by atoms with Gasteiger partial charge in [0, 0.05) is 74.6 Å². The SMILES string of the molecule is C/C=C/CN(CC)C(=O)c1ccccc1-c1c2nc(c(-c3ccccc3C(=O)N(CC)C/C=C/C)c3ccc([n-]3)c(-c3ccccc3C(=O)N(CC)C/C=C/C)c3nc(c(-c4ccccc4C(=O)N(CC)C/C=C/C)c4ccc1[n-]4)C=C3)C=C2.[Cu+2]. The second-order valence-corrected chi connectivity index (χ2v) is 20.2. The minimum atomic E-state index is -0.155. The zero-order valence-electron chi connectivity index (χ0n) is 49.6. The molecule has 0 N–H and O–H groups in total. The maximum Gasteiger partial charge on any atom is 2.00 e. The second kappa shape index (κ2) is 28.9. The zero-order chi connectivity index (χ0) is 59.3. The number of nitrogens with zero attached hydrogens (tertiary/aromatic N) is 8. The van der Waals surface area contributed by atoms with Crippen molar-refractivity contribution >= 4 is 70.0 Å². The van der Waals surface area contributed by atoms with E-state index in [-0.39, 0.29) is 40.7 Å². The van der Waals surface area contributed by atoms with Crippen molar-refractivity contribution in [3.05, 3.63) is 215 Å². The summed E-state index contributed by atoms with van der Waals surface area (Å²) in [6.45, 7) is 19.2. The maximum atomic E-state index is 14.9. The van der Waals surface area contributed by atoms with Crippen LogP contribution < -0.4 is 9.97 Å². The molecule has 5 heterocycles. The summed E-state index contributed by atoms with van der Waals surface area (Å²) in [6.07, 6.45) is 23.4. The van der Waals surface area contributed by atoms with Crippen molar-refractivity contribution < 1.29 is 36.2 Å². The molecule has 9 rings (SSSR count). The first-order valence-corrected chi connectivity index (χ1v) is 29.1. The molecule has 0 atom stereocenters. The van der Waals surface area contributed by atoms with E-state index in [1.165, 1.54) is 0 Å². The van der Waals surface area contributed by atoms with E-state index >= 15 is 0 Å². The van der Waals surface area contributed by atoms with Gasteiger partial charge in [0.2, 0.25) is 0 Å². The standard InChI is InChI=1S/C72H73N8O4.Cu/c1-9-17-45-77(13-5)69(81)53-33-25-21-29-49(53)65-57-37-39-59(73-57)66(50-30-22-26-34-54(50)70(82)78(14-6)46-18-10-2)61-41-43-63(75-61)68(52-32-24-28-36-56(52)72(84)80(16-8)48-20-12-4)64-44-42-62(76-64)67(60-40-38-58(65)74-60)51-31-23-27-35-55(51)71(83)79(15-7)47-19-11-3;/h9-12,17-44H,13-16,45-48H2,1-8H3,(H-,73,74,75,76,81,82,83,84);/q-1;+2/p-1/b17-9+,18-10+,19-11+,20-12+,65-57?,65-58?,66-59?,66-61?,67-60?,67-62?,68-63?,68-64?;. The minimum Gasteiger partial charge on any atom is -0.657 e. The zero-order valence-corrected chi connectivity index (χ0v) is 50.6. The molecule has 2 aliphatic heterocycles. The fraction of sp³-hybridized carbons (Fsp3) is 0.222. The van der Waals surface area contributed by atoms with Gasteiger partial charge >= 0.3 is 17.1 Å². The minimum absolute atomic E-state index is 0. The van der Waals surface area contributed by atoms with Crippen LogP contribution in [0.4, 0.5) is 0 Å². The van der Waals surface area contributed by atoms with Crippen LogP contribution in [0, 0.1) is 0 Å². The Morgan fingerprint density at radius 2 is 0.565 bits per heavy atom. The van der Waals surface area contributed by atoms with Gasteiger partial charge in [-0.2, -0.15) is 0 Å². The third kappa shape index (κ3) is 13.0. The van der Waals surface area contributed by atoms with E-state index in [9.17, 15) is 19.2 Å². The Balaban J connectivity index is 0.00000940. The van der Waals surface area contributed by atoms with Gasteiger partial charge in [0.15, 0.2) is 0 Å². The predicted molar refractivity (Wildman–Crippen MR) is 344 cm³/mol. The Bertz CT molecular complexity index is 3490. The molecule has 0 saturated carbocycles. The van der Waals surface area contributed by atoms with Gasteiger partial charge < -0.3 is 29.6 Å². The van der Waals surface area contributed by atoms with Crippen LogP contribution in [0.15, 0.2) is 170 Å². The molecule has 0 spiro atoms. The summed E-state index contributed by atoms with van der Waals surface area (Å²) in [4.78, 5) is 88.9. The maximum absolute atomic E-state index is 14.9. The van der Waals surface area contributed by atoms with Crippen LogP contribution in [0.3, 0.4) is 0 Å². The molecular formula is C72H72CuN8O4. The molecule has 7 aromatic rings. The molecule has 0 aliphatic carbocycles. The van der Waals surface area contributed by atoms with Crippen molar-refractivity contribution in [1.29, 1.82) is 0 Å². The molecule has 4 amide bonds. The number of rotatable bonds is 20. The van der Waals surface area contributed by atoms with E-state index < -0.39 is 0 Å². The first-order valence-electron chi connectivity index (χ1n) is 29.1. The van der Waals surface area contributed by atoms with Crippen molar-refractivity contribution in [2.45, 2.75) is 55.4 Å². The number of allylic oxidation sites excluding steroid dienone is 4. The molecule has 435 valence electrons. The van der Waals surface area contributed by atoms with E-state index in [2.05, 4.69) is 0 Å². The molecule has 0 fully saturated rings. The topological polar surface area (TPSA) is 135 Å². The van der Waals surface area contributed by atoms with Gasteiger partial charge in [0.1, 0.15) is 0 Å². The predicted octanol–water partition coefficient (Wildman–Crippen LogP) is 14.7. The van der Waals surface area contributed by atoms with Gasteiger partial charge in [-0.05, 0) is 148 Å². The second-order valence-electron chi connectivity index (χ2n) is 20.2. The Morgan fingerprint density at radius 3 is 0.765 bits per heavy atom. The number of benzene rings is 4. The average Bonchev–Trinajstić information content (AvgIpc) is 2.86. The first-order chi connectivity index (χ1) is 41.0. The third-order valence-electron chi connectivity index (χ3n) is 15.2. The van der Waals surface area contributed by atoms with Crippen molar-refractivity contribution in [1.82, 2.24) is 39.5 Å². The van der Waals surface area contributed by atoms with Crippen LogP contribution in [0.2, 0.25) is 0 Å². The summed E-state index contributed by atoms with van der Waals surface area (Å²) in [5.74, 6) is -0.618. The fourth-order valence-electron chi connectivity index (χ4n) is 10.8. The van der Waals surface area contributed by atoms with Gasteiger partial charge in [0.05, 0.1) is 22.8 Å². The van der Waals surface area contributed by atoms with E-state index in [1.54, 1.807) is 19.6 Å². The van der Waals surface area contributed by atoms with E-state index in [0.29, 0.717) is 164 Å². The third-order valence-corrected chi connectivity index (χ3v) is 15.2. The number of hydrogen-bond donors (Lipinski definition) is 0. The van der Waals surface area contributed by atoms with Crippen LogP contribution in [-0.2, 0) is 17.1 Å². The van der Waals surface area contributed by atoms with Crippen LogP contribution in [0.5, 0.6) is 0 Å². The number of carbonyl (C=O) groups excluding carboxylic acids is 4. The molecular weight excluding hydrogens is 1100 g/mol. The molecule has 3 aromatic heterocycles. The molecule has 1 radical (unpaired) electrons. The summed E-state index contributed by atoms with van der Waals surface area (Å²) in [6, 6.07) is 38.1. The summed E-state index contributed by atoms with van der Waals surface area (Å²) in [7, 11) is 0. The Labute approximate surface area is 510 Å².